The zero-order valence-electron chi connectivity index (χ0n) is 13.8. The number of nitrogens with one attached hydrogen (secondary N) is 1. The molecule has 1 N–H and O–H groups in total. The van der Waals surface area contributed by atoms with Crippen LogP contribution in [0.15, 0.2) is 59.5 Å². The zero-order valence-corrected chi connectivity index (χ0v) is 14.6. The van der Waals surface area contributed by atoms with E-state index < -0.39 is 9.84 Å². The third kappa shape index (κ3) is 4.23. The van der Waals surface area contributed by atoms with Crippen LogP contribution in [0.2, 0.25) is 0 Å². The van der Waals surface area contributed by atoms with Crippen molar-refractivity contribution in [1.82, 2.24) is 5.32 Å². The van der Waals surface area contributed by atoms with Gasteiger partial charge in [-0.3, -0.25) is 0 Å². The van der Waals surface area contributed by atoms with Crippen molar-refractivity contribution in [2.24, 2.45) is 0 Å². The van der Waals surface area contributed by atoms with Gasteiger partial charge in [0.05, 0.1) is 17.0 Å². The van der Waals surface area contributed by atoms with E-state index in [0.29, 0.717) is 4.90 Å². The standard InChI is InChI=1S/C19H23NO3S/c1-24(21,22)18-11-5-9-16(13-18)19(15-7-3-2-4-8-15)20-14-17-10-6-12-23-17/h2-5,7-9,11,13,17,19-20H,6,10,12,14H2,1H3/t17-,19-/m1/s1. The molecular weight excluding hydrogens is 322 g/mol. The zero-order chi connectivity index (χ0) is 17.0. The van der Waals surface area contributed by atoms with E-state index in [2.05, 4.69) is 17.4 Å². The molecule has 2 aromatic carbocycles. The first-order valence-corrected chi connectivity index (χ1v) is 10.1. The largest absolute Gasteiger partial charge is 0.377 e. The summed E-state index contributed by atoms with van der Waals surface area (Å²) in [7, 11) is -3.22. The maximum absolute atomic E-state index is 11.9. The maximum atomic E-state index is 11.9. The monoisotopic (exact) mass is 345 g/mol. The Morgan fingerprint density at radius 3 is 2.54 bits per heavy atom. The average molecular weight is 345 g/mol. The molecule has 0 saturated carbocycles. The van der Waals surface area contributed by atoms with Crippen LogP contribution in [0.4, 0.5) is 0 Å². The molecule has 1 fully saturated rings. The second kappa shape index (κ2) is 7.47. The Morgan fingerprint density at radius 1 is 1.12 bits per heavy atom. The normalized spacial score (nSPS) is 19.3. The summed E-state index contributed by atoms with van der Waals surface area (Å²) in [6.45, 7) is 1.58. The molecule has 1 aliphatic heterocycles. The van der Waals surface area contributed by atoms with Gasteiger partial charge in [0.15, 0.2) is 9.84 Å². The highest BCUT2D eigenvalue weighted by atomic mass is 32.2. The van der Waals surface area contributed by atoms with Crippen LogP contribution >= 0.6 is 0 Å². The number of rotatable bonds is 6. The van der Waals surface area contributed by atoms with Gasteiger partial charge in [-0.05, 0) is 36.1 Å². The summed E-state index contributed by atoms with van der Waals surface area (Å²) in [5.41, 5.74) is 2.06. The molecule has 0 spiro atoms. The van der Waals surface area contributed by atoms with Crippen LogP contribution in [-0.2, 0) is 14.6 Å². The van der Waals surface area contributed by atoms with E-state index in [9.17, 15) is 8.42 Å². The molecule has 0 unspecified atom stereocenters. The molecule has 4 nitrogen and oxygen atoms in total. The molecular formula is C19H23NO3S. The minimum Gasteiger partial charge on any atom is -0.377 e. The Bertz CT molecular complexity index is 768. The van der Waals surface area contributed by atoms with Crippen LogP contribution in [0.3, 0.4) is 0 Å². The molecule has 0 radical (unpaired) electrons. The Hall–Kier alpha value is -1.69. The first kappa shape index (κ1) is 17.1. The lowest BCUT2D eigenvalue weighted by Crippen LogP contribution is -2.30. The van der Waals surface area contributed by atoms with Crippen molar-refractivity contribution in [3.63, 3.8) is 0 Å². The minimum absolute atomic E-state index is 0.0582. The second-order valence-electron chi connectivity index (χ2n) is 6.23. The van der Waals surface area contributed by atoms with E-state index in [4.69, 9.17) is 4.74 Å². The molecule has 0 amide bonds. The topological polar surface area (TPSA) is 55.4 Å². The first-order chi connectivity index (χ1) is 11.5. The third-order valence-electron chi connectivity index (χ3n) is 4.33. The third-order valence-corrected chi connectivity index (χ3v) is 5.44. The Balaban J connectivity index is 1.89. The van der Waals surface area contributed by atoms with Gasteiger partial charge < -0.3 is 10.1 Å². The van der Waals surface area contributed by atoms with Crippen molar-refractivity contribution in [3.8, 4) is 0 Å². The van der Waals surface area contributed by atoms with Gasteiger partial charge in [0, 0.05) is 19.4 Å². The lowest BCUT2D eigenvalue weighted by molar-refractivity contribution is 0.108. The summed E-state index contributed by atoms with van der Waals surface area (Å²) in [4.78, 5) is 0.347. The first-order valence-electron chi connectivity index (χ1n) is 8.24. The van der Waals surface area contributed by atoms with Gasteiger partial charge in [-0.2, -0.15) is 0 Å². The van der Waals surface area contributed by atoms with Gasteiger partial charge >= 0.3 is 0 Å². The van der Waals surface area contributed by atoms with Gasteiger partial charge in [-0.25, -0.2) is 8.42 Å². The average Bonchev–Trinajstić information content (AvgIpc) is 3.09. The summed E-state index contributed by atoms with van der Waals surface area (Å²) in [5, 5.41) is 3.55. The maximum Gasteiger partial charge on any atom is 0.175 e. The number of sulfone groups is 1. The van der Waals surface area contributed by atoms with Gasteiger partial charge in [-0.15, -0.1) is 0 Å². The molecule has 3 rings (SSSR count). The highest BCUT2D eigenvalue weighted by molar-refractivity contribution is 7.90. The summed E-state index contributed by atoms with van der Waals surface area (Å²) in [6, 6.07) is 17.2. The summed E-state index contributed by atoms with van der Waals surface area (Å²) < 4.78 is 29.4. The summed E-state index contributed by atoms with van der Waals surface area (Å²) in [5.74, 6) is 0. The fraction of sp³-hybridized carbons (Fsp3) is 0.368. The van der Waals surface area contributed by atoms with Gasteiger partial charge in [0.25, 0.3) is 0 Å². The Labute approximate surface area is 143 Å². The fourth-order valence-electron chi connectivity index (χ4n) is 3.05. The predicted molar refractivity (Wildman–Crippen MR) is 94.8 cm³/mol. The van der Waals surface area contributed by atoms with Gasteiger partial charge in [0.2, 0.25) is 0 Å². The Kier molecular flexibility index (Phi) is 5.33. The van der Waals surface area contributed by atoms with Crippen molar-refractivity contribution >= 4 is 9.84 Å². The molecule has 0 bridgehead atoms. The summed E-state index contributed by atoms with van der Waals surface area (Å²) in [6.07, 6.45) is 3.64. The quantitative estimate of drug-likeness (QED) is 0.874. The second-order valence-corrected chi connectivity index (χ2v) is 8.25. The van der Waals surface area contributed by atoms with E-state index in [-0.39, 0.29) is 12.1 Å². The SMILES string of the molecule is CS(=O)(=O)c1cccc([C@H](NC[C@H]2CCCO2)c2ccccc2)c1. The van der Waals surface area contributed by atoms with Gasteiger partial charge in [0.1, 0.15) is 0 Å². The molecule has 1 aliphatic rings. The molecule has 24 heavy (non-hydrogen) atoms. The van der Waals surface area contributed by atoms with Crippen LogP contribution in [0.5, 0.6) is 0 Å². The van der Waals surface area contributed by atoms with Crippen molar-refractivity contribution in [1.29, 1.82) is 0 Å². The van der Waals surface area contributed by atoms with Crippen molar-refractivity contribution in [2.45, 2.75) is 29.9 Å². The highest BCUT2D eigenvalue weighted by Gasteiger charge is 2.20. The molecule has 1 heterocycles. The van der Waals surface area contributed by atoms with E-state index in [0.717, 1.165) is 37.1 Å². The van der Waals surface area contributed by atoms with E-state index in [1.54, 1.807) is 18.2 Å². The number of hydrogen-bond acceptors (Lipinski definition) is 4. The molecule has 2 atom stereocenters. The number of hydrogen-bond donors (Lipinski definition) is 1. The van der Waals surface area contributed by atoms with Crippen molar-refractivity contribution in [2.75, 3.05) is 19.4 Å². The smallest absolute Gasteiger partial charge is 0.175 e. The molecule has 1 saturated heterocycles. The van der Waals surface area contributed by atoms with E-state index in [1.165, 1.54) is 6.26 Å². The highest BCUT2D eigenvalue weighted by Crippen LogP contribution is 2.25. The number of benzene rings is 2. The lowest BCUT2D eigenvalue weighted by Gasteiger charge is -2.22. The molecule has 5 heteroatoms. The Morgan fingerprint density at radius 2 is 1.88 bits per heavy atom. The fourth-order valence-corrected chi connectivity index (χ4v) is 3.73. The number of ether oxygens (including phenoxy) is 1. The minimum atomic E-state index is -3.22. The molecule has 2 aromatic rings. The van der Waals surface area contributed by atoms with Crippen molar-refractivity contribution in [3.05, 3.63) is 65.7 Å². The van der Waals surface area contributed by atoms with Crippen LogP contribution in [0.25, 0.3) is 0 Å². The van der Waals surface area contributed by atoms with E-state index in [1.807, 2.05) is 24.3 Å². The lowest BCUT2D eigenvalue weighted by atomic mass is 9.98. The molecule has 128 valence electrons. The molecule has 0 aromatic heterocycles. The van der Waals surface area contributed by atoms with Crippen LogP contribution in [0, 0.1) is 0 Å². The van der Waals surface area contributed by atoms with Crippen LogP contribution < -0.4 is 5.32 Å². The van der Waals surface area contributed by atoms with E-state index >= 15 is 0 Å². The molecule has 0 aliphatic carbocycles. The predicted octanol–water partition coefficient (Wildman–Crippen LogP) is 2.95. The van der Waals surface area contributed by atoms with Crippen LogP contribution in [0.1, 0.15) is 30.0 Å². The van der Waals surface area contributed by atoms with Crippen molar-refractivity contribution < 1.29 is 13.2 Å². The summed E-state index contributed by atoms with van der Waals surface area (Å²) >= 11 is 0. The van der Waals surface area contributed by atoms with Gasteiger partial charge in [-0.1, -0.05) is 42.5 Å². The van der Waals surface area contributed by atoms with Crippen LogP contribution in [-0.4, -0.2) is 33.9 Å².